The van der Waals surface area contributed by atoms with E-state index in [2.05, 4.69) is 33.9 Å². The van der Waals surface area contributed by atoms with Gasteiger partial charge in [0.1, 0.15) is 0 Å². The number of hydrogen-bond donors (Lipinski definition) is 1. The molecule has 0 saturated heterocycles. The molecule has 2 nitrogen and oxygen atoms in total. The zero-order valence-corrected chi connectivity index (χ0v) is 11.4. The van der Waals surface area contributed by atoms with E-state index in [1.54, 1.807) is 11.3 Å². The summed E-state index contributed by atoms with van der Waals surface area (Å²) in [7, 11) is 0. The topological polar surface area (TPSA) is 38.9 Å². The lowest BCUT2D eigenvalue weighted by molar-refractivity contribution is 0.636. The molecular formula is C16H16N2S. The minimum absolute atomic E-state index is 0.00417. The lowest BCUT2D eigenvalue weighted by Crippen LogP contribution is -2.12. The molecule has 0 saturated carbocycles. The van der Waals surface area contributed by atoms with Crippen molar-refractivity contribution in [2.24, 2.45) is 5.73 Å². The van der Waals surface area contributed by atoms with Crippen LogP contribution in [0.25, 0.3) is 10.9 Å². The molecule has 2 heterocycles. The molecule has 2 aromatic heterocycles. The van der Waals surface area contributed by atoms with Crippen LogP contribution in [0.2, 0.25) is 0 Å². The Hall–Kier alpha value is -1.71. The fourth-order valence-corrected chi connectivity index (χ4v) is 2.90. The van der Waals surface area contributed by atoms with E-state index in [0.29, 0.717) is 0 Å². The summed E-state index contributed by atoms with van der Waals surface area (Å²) in [5.41, 5.74) is 9.61. The summed E-state index contributed by atoms with van der Waals surface area (Å²) in [5, 5.41) is 5.45. The molecule has 0 aliphatic heterocycles. The molecule has 0 radical (unpaired) electrons. The third-order valence-electron chi connectivity index (χ3n) is 3.32. The van der Waals surface area contributed by atoms with Gasteiger partial charge >= 0.3 is 0 Å². The van der Waals surface area contributed by atoms with Crippen molar-refractivity contribution < 1.29 is 0 Å². The van der Waals surface area contributed by atoms with Crippen molar-refractivity contribution in [3.05, 3.63) is 64.5 Å². The van der Waals surface area contributed by atoms with Crippen LogP contribution < -0.4 is 5.73 Å². The van der Waals surface area contributed by atoms with Gasteiger partial charge in [0.15, 0.2) is 0 Å². The molecule has 0 fully saturated rings. The molecule has 19 heavy (non-hydrogen) atoms. The van der Waals surface area contributed by atoms with Gasteiger partial charge in [0.05, 0.1) is 11.2 Å². The average molecular weight is 268 g/mol. The Labute approximate surface area is 116 Å². The normalized spacial score (nSPS) is 12.7. The lowest BCUT2D eigenvalue weighted by Gasteiger charge is -2.11. The van der Waals surface area contributed by atoms with Gasteiger partial charge < -0.3 is 5.73 Å². The van der Waals surface area contributed by atoms with Gasteiger partial charge in [0, 0.05) is 11.4 Å². The van der Waals surface area contributed by atoms with Crippen molar-refractivity contribution in [3.63, 3.8) is 0 Å². The predicted molar refractivity (Wildman–Crippen MR) is 81.3 cm³/mol. The van der Waals surface area contributed by atoms with E-state index in [0.717, 1.165) is 29.4 Å². The van der Waals surface area contributed by atoms with E-state index in [-0.39, 0.29) is 6.04 Å². The fraction of sp³-hybridized carbons (Fsp3) is 0.188. The van der Waals surface area contributed by atoms with E-state index in [1.165, 1.54) is 5.56 Å². The maximum absolute atomic E-state index is 6.24. The van der Waals surface area contributed by atoms with E-state index in [1.807, 2.05) is 24.3 Å². The monoisotopic (exact) mass is 268 g/mol. The molecule has 1 unspecified atom stereocenters. The van der Waals surface area contributed by atoms with Crippen LogP contribution >= 0.6 is 11.3 Å². The van der Waals surface area contributed by atoms with E-state index >= 15 is 0 Å². The van der Waals surface area contributed by atoms with Crippen LogP contribution in [0.4, 0.5) is 0 Å². The molecule has 0 aliphatic rings. The maximum Gasteiger partial charge on any atom is 0.0706 e. The van der Waals surface area contributed by atoms with Crippen LogP contribution in [0.15, 0.2) is 53.2 Å². The van der Waals surface area contributed by atoms with Crippen molar-refractivity contribution in [3.8, 4) is 0 Å². The number of rotatable bonds is 4. The summed E-state index contributed by atoms with van der Waals surface area (Å²) >= 11 is 1.73. The number of para-hydroxylation sites is 1. The smallest absolute Gasteiger partial charge is 0.0706 e. The Morgan fingerprint density at radius 1 is 1.11 bits per heavy atom. The quantitative estimate of drug-likeness (QED) is 0.778. The number of thiophene rings is 1. The number of aryl methyl sites for hydroxylation is 1. The van der Waals surface area contributed by atoms with Crippen LogP contribution in [0, 0.1) is 0 Å². The van der Waals surface area contributed by atoms with Gasteiger partial charge in [0.25, 0.3) is 0 Å². The van der Waals surface area contributed by atoms with Crippen molar-refractivity contribution in [1.82, 2.24) is 4.98 Å². The van der Waals surface area contributed by atoms with Gasteiger partial charge in [-0.1, -0.05) is 24.3 Å². The SMILES string of the molecule is NC(CCc1ccsc1)c1ccc2ccccc2n1. The number of fused-ring (bicyclic) bond motifs is 1. The zero-order chi connectivity index (χ0) is 13.1. The Bertz CT molecular complexity index is 661. The largest absolute Gasteiger partial charge is 0.323 e. The fourth-order valence-electron chi connectivity index (χ4n) is 2.19. The van der Waals surface area contributed by atoms with Crippen molar-refractivity contribution in [1.29, 1.82) is 0 Å². The molecule has 0 amide bonds. The van der Waals surface area contributed by atoms with Crippen molar-refractivity contribution in [2.75, 3.05) is 0 Å². The molecule has 3 rings (SSSR count). The number of pyridine rings is 1. The summed E-state index contributed by atoms with van der Waals surface area (Å²) in [4.78, 5) is 4.65. The van der Waals surface area contributed by atoms with Crippen molar-refractivity contribution >= 4 is 22.2 Å². The van der Waals surface area contributed by atoms with Gasteiger partial charge in [-0.2, -0.15) is 11.3 Å². The molecule has 1 aromatic carbocycles. The van der Waals surface area contributed by atoms with E-state index < -0.39 is 0 Å². The van der Waals surface area contributed by atoms with Gasteiger partial charge in [-0.3, -0.25) is 4.98 Å². The Morgan fingerprint density at radius 2 is 2.00 bits per heavy atom. The Kier molecular flexibility index (Phi) is 3.58. The second kappa shape index (κ2) is 5.51. The molecule has 2 N–H and O–H groups in total. The first-order chi connectivity index (χ1) is 9.33. The molecule has 1 atom stereocenters. The third-order valence-corrected chi connectivity index (χ3v) is 4.06. The predicted octanol–water partition coefficient (Wildman–Crippen LogP) is 3.93. The minimum Gasteiger partial charge on any atom is -0.323 e. The molecule has 0 spiro atoms. The first-order valence-corrected chi connectivity index (χ1v) is 7.39. The average Bonchev–Trinajstić information content (AvgIpc) is 2.97. The summed E-state index contributed by atoms with van der Waals surface area (Å²) in [5.74, 6) is 0. The van der Waals surface area contributed by atoms with E-state index in [9.17, 15) is 0 Å². The Morgan fingerprint density at radius 3 is 2.84 bits per heavy atom. The Balaban J connectivity index is 1.75. The van der Waals surface area contributed by atoms with Gasteiger partial charge in [-0.05, 0) is 47.4 Å². The highest BCUT2D eigenvalue weighted by atomic mass is 32.1. The summed E-state index contributed by atoms with van der Waals surface area (Å²) in [6.07, 6.45) is 1.95. The lowest BCUT2D eigenvalue weighted by atomic mass is 10.0. The van der Waals surface area contributed by atoms with Crippen LogP contribution in [0.3, 0.4) is 0 Å². The molecule has 0 bridgehead atoms. The minimum atomic E-state index is 0.00417. The number of nitrogens with two attached hydrogens (primary N) is 1. The number of aromatic nitrogens is 1. The second-order valence-corrected chi connectivity index (χ2v) is 5.49. The van der Waals surface area contributed by atoms with Crippen LogP contribution in [-0.4, -0.2) is 4.98 Å². The third kappa shape index (κ3) is 2.83. The van der Waals surface area contributed by atoms with Gasteiger partial charge in [0.2, 0.25) is 0 Å². The second-order valence-electron chi connectivity index (χ2n) is 4.71. The first-order valence-electron chi connectivity index (χ1n) is 6.45. The van der Waals surface area contributed by atoms with Crippen LogP contribution in [0.1, 0.15) is 23.7 Å². The first kappa shape index (κ1) is 12.3. The highest BCUT2D eigenvalue weighted by Crippen LogP contribution is 2.19. The highest BCUT2D eigenvalue weighted by molar-refractivity contribution is 7.07. The summed E-state index contributed by atoms with van der Waals surface area (Å²) in [6.45, 7) is 0. The molecule has 96 valence electrons. The summed E-state index contributed by atoms with van der Waals surface area (Å²) in [6, 6.07) is 14.4. The van der Waals surface area contributed by atoms with Gasteiger partial charge in [-0.25, -0.2) is 0 Å². The highest BCUT2D eigenvalue weighted by Gasteiger charge is 2.08. The van der Waals surface area contributed by atoms with E-state index in [4.69, 9.17) is 5.73 Å². The van der Waals surface area contributed by atoms with Crippen molar-refractivity contribution in [2.45, 2.75) is 18.9 Å². The molecule has 0 aliphatic carbocycles. The number of hydrogen-bond acceptors (Lipinski definition) is 3. The number of benzene rings is 1. The van der Waals surface area contributed by atoms with Crippen LogP contribution in [0.5, 0.6) is 0 Å². The van der Waals surface area contributed by atoms with Crippen LogP contribution in [-0.2, 0) is 6.42 Å². The molecule has 3 heteroatoms. The molecule has 3 aromatic rings. The summed E-state index contributed by atoms with van der Waals surface area (Å²) < 4.78 is 0. The number of nitrogens with zero attached hydrogens (tertiary/aromatic N) is 1. The standard InChI is InChI=1S/C16H16N2S/c17-14(7-5-12-9-10-19-11-12)16-8-6-13-3-1-2-4-15(13)18-16/h1-4,6,8-11,14H,5,7,17H2. The zero-order valence-electron chi connectivity index (χ0n) is 10.6. The maximum atomic E-state index is 6.24. The van der Waals surface area contributed by atoms with Gasteiger partial charge in [-0.15, -0.1) is 0 Å². The molecular weight excluding hydrogens is 252 g/mol.